The van der Waals surface area contributed by atoms with Crippen LogP contribution in [0.4, 0.5) is 10.6 Å². The van der Waals surface area contributed by atoms with Crippen molar-refractivity contribution in [1.82, 2.24) is 24.3 Å². The van der Waals surface area contributed by atoms with Crippen molar-refractivity contribution in [3.8, 4) is 5.69 Å². The van der Waals surface area contributed by atoms with Crippen LogP contribution in [0, 0.1) is 0 Å². The first-order valence-corrected chi connectivity index (χ1v) is 13.5. The highest BCUT2D eigenvalue weighted by atomic mass is 35.5. The highest BCUT2D eigenvalue weighted by Crippen LogP contribution is 2.24. The Morgan fingerprint density at radius 2 is 1.70 bits per heavy atom. The number of fused-ring (bicyclic) bond motifs is 2. The first-order valence-electron chi connectivity index (χ1n) is 13.5. The van der Waals surface area contributed by atoms with Crippen molar-refractivity contribution in [2.45, 2.75) is 56.9 Å². The number of piperazine rings is 1. The molecule has 5 N–H and O–H groups in total. The van der Waals surface area contributed by atoms with Crippen LogP contribution in [0.3, 0.4) is 0 Å². The molecule has 0 radical (unpaired) electrons. The molecule has 2 atom stereocenters. The van der Waals surface area contributed by atoms with Gasteiger partial charge in [0.1, 0.15) is 5.82 Å². The number of nitrogens with two attached hydrogens (primary N) is 2. The third-order valence-corrected chi connectivity index (χ3v) is 7.63. The van der Waals surface area contributed by atoms with Crippen molar-refractivity contribution in [3.63, 3.8) is 0 Å². The number of piperidine rings is 1. The van der Waals surface area contributed by atoms with Gasteiger partial charge in [-0.05, 0) is 63.5 Å². The number of ether oxygens (including phenoxy) is 1. The Balaban J connectivity index is 0.00000370. The molecule has 3 aliphatic heterocycles. The van der Waals surface area contributed by atoms with Crippen LogP contribution in [0.25, 0.3) is 5.69 Å². The number of amides is 3. The normalized spacial score (nSPS) is 22.0. The molecule has 0 spiro atoms. The number of hydrogen-bond donors (Lipinski definition) is 3. The summed E-state index contributed by atoms with van der Waals surface area (Å²) in [5.41, 5.74) is 12.4. The average molecular weight is 575 g/mol. The Kier molecular flexibility index (Phi) is 9.16. The molecule has 3 fully saturated rings. The minimum Gasteiger partial charge on any atom is -0.377 e. The van der Waals surface area contributed by atoms with E-state index in [1.165, 1.54) is 10.1 Å². The molecule has 3 saturated heterocycles. The second-order valence-electron chi connectivity index (χ2n) is 11.4. The molecule has 0 saturated carbocycles. The number of hydrogen-bond acceptors (Lipinski definition) is 8. The van der Waals surface area contributed by atoms with Gasteiger partial charge in [0, 0.05) is 31.9 Å². The predicted molar refractivity (Wildman–Crippen MR) is 154 cm³/mol. The molecule has 2 bridgehead atoms. The minimum absolute atomic E-state index is 0. The highest BCUT2D eigenvalue weighted by molar-refractivity contribution is 5.90. The lowest BCUT2D eigenvalue weighted by Gasteiger charge is -2.50. The van der Waals surface area contributed by atoms with Crippen LogP contribution < -0.4 is 22.5 Å². The Morgan fingerprint density at radius 1 is 1.07 bits per heavy atom. The van der Waals surface area contributed by atoms with Crippen LogP contribution in [0.5, 0.6) is 0 Å². The van der Waals surface area contributed by atoms with Gasteiger partial charge < -0.3 is 26.0 Å². The smallest absolute Gasteiger partial charge is 0.354 e. The molecule has 3 aliphatic rings. The molecule has 218 valence electrons. The van der Waals surface area contributed by atoms with Crippen LogP contribution in [0.1, 0.15) is 32.3 Å². The number of anilines is 1. The van der Waals surface area contributed by atoms with Gasteiger partial charge in [0.05, 0.1) is 36.5 Å². The third-order valence-electron chi connectivity index (χ3n) is 7.63. The molecule has 2 aromatic rings. The van der Waals surface area contributed by atoms with E-state index in [0.29, 0.717) is 38.0 Å². The lowest BCUT2D eigenvalue weighted by atomic mass is 10.00. The predicted octanol–water partition coefficient (Wildman–Crippen LogP) is 0.758. The van der Waals surface area contributed by atoms with E-state index < -0.39 is 11.2 Å². The quantitative estimate of drug-likeness (QED) is 0.473. The lowest BCUT2D eigenvalue weighted by molar-refractivity contribution is -0.145. The molecule has 5 rings (SSSR count). The van der Waals surface area contributed by atoms with Crippen LogP contribution in [0.2, 0.25) is 0 Å². The summed E-state index contributed by atoms with van der Waals surface area (Å²) in [6.45, 7) is 7.49. The summed E-state index contributed by atoms with van der Waals surface area (Å²) < 4.78 is 7.10. The van der Waals surface area contributed by atoms with Crippen molar-refractivity contribution in [2.24, 2.45) is 11.5 Å². The summed E-state index contributed by atoms with van der Waals surface area (Å²) in [5, 5.41) is 2.76. The molecule has 4 heterocycles. The number of aromatic nitrogens is 2. The molecular weight excluding hydrogens is 536 g/mol. The number of carbonyl (C=O) groups excluding carboxylic acids is 2. The van der Waals surface area contributed by atoms with E-state index in [1.54, 1.807) is 35.9 Å². The molecule has 0 aliphatic carbocycles. The van der Waals surface area contributed by atoms with Crippen LogP contribution in [0.15, 0.2) is 41.3 Å². The Hall–Kier alpha value is -3.03. The fraction of sp³-hybridized carbons (Fsp3) is 0.556. The van der Waals surface area contributed by atoms with Crippen molar-refractivity contribution in [2.75, 3.05) is 44.7 Å². The van der Waals surface area contributed by atoms with Gasteiger partial charge in [-0.3, -0.25) is 19.6 Å². The monoisotopic (exact) mass is 574 g/mol. The molecule has 2 unspecified atom stereocenters. The molecule has 12 nitrogen and oxygen atoms in total. The summed E-state index contributed by atoms with van der Waals surface area (Å²) in [7, 11) is 0. The zero-order valence-corrected chi connectivity index (χ0v) is 23.8. The first kappa shape index (κ1) is 29.9. The highest BCUT2D eigenvalue weighted by Gasteiger charge is 2.44. The SMILES string of the molecule is CC(C)(N)C(=O)N1CC2COCC(C1)N2C(=O)Nc1ccn(-c2ccc(CN3CCC(N)CC3)cc2)c(=O)n1.Cl. The van der Waals surface area contributed by atoms with E-state index in [1.807, 2.05) is 24.3 Å². The molecule has 1 aromatic heterocycles. The van der Waals surface area contributed by atoms with Gasteiger partial charge in [-0.15, -0.1) is 12.4 Å². The zero-order valence-electron chi connectivity index (χ0n) is 23.0. The lowest BCUT2D eigenvalue weighted by Crippen LogP contribution is -2.69. The maximum Gasteiger partial charge on any atom is 0.354 e. The van der Waals surface area contributed by atoms with Crippen molar-refractivity contribution < 1.29 is 14.3 Å². The van der Waals surface area contributed by atoms with E-state index in [0.717, 1.165) is 32.5 Å². The maximum atomic E-state index is 13.2. The van der Waals surface area contributed by atoms with Gasteiger partial charge in [0.2, 0.25) is 5.91 Å². The largest absolute Gasteiger partial charge is 0.377 e. The number of halogens is 1. The minimum atomic E-state index is -0.990. The van der Waals surface area contributed by atoms with E-state index >= 15 is 0 Å². The summed E-state index contributed by atoms with van der Waals surface area (Å²) in [6.07, 6.45) is 3.63. The van der Waals surface area contributed by atoms with E-state index in [2.05, 4.69) is 15.2 Å². The van der Waals surface area contributed by atoms with Gasteiger partial charge in [0.15, 0.2) is 0 Å². The second-order valence-corrected chi connectivity index (χ2v) is 11.4. The fourth-order valence-corrected chi connectivity index (χ4v) is 5.54. The number of rotatable bonds is 5. The van der Waals surface area contributed by atoms with E-state index in [-0.39, 0.29) is 42.2 Å². The number of likely N-dealkylation sites (tertiary alicyclic amines) is 1. The van der Waals surface area contributed by atoms with E-state index in [9.17, 15) is 14.4 Å². The number of morpholine rings is 1. The Labute approximate surface area is 240 Å². The molecule has 1 aromatic carbocycles. The Morgan fingerprint density at radius 3 is 2.27 bits per heavy atom. The van der Waals surface area contributed by atoms with Crippen LogP contribution in [-0.4, -0.2) is 99.2 Å². The summed E-state index contributed by atoms with van der Waals surface area (Å²) >= 11 is 0. The number of carbonyl (C=O) groups is 2. The third kappa shape index (κ3) is 6.64. The summed E-state index contributed by atoms with van der Waals surface area (Å²) in [5.74, 6) is 0.00997. The maximum absolute atomic E-state index is 13.2. The number of benzene rings is 1. The first-order chi connectivity index (χ1) is 18.6. The molecule has 13 heteroatoms. The molecule has 40 heavy (non-hydrogen) atoms. The Bertz CT molecular complexity index is 1240. The fourth-order valence-electron chi connectivity index (χ4n) is 5.54. The molecule has 3 amide bonds. The standard InChI is InChI=1S/C27H38N8O4.ClH/c1-27(2,29)24(36)33-14-21-16-39-17-22(15-33)35(21)26(38)31-23-9-12-34(25(37)30-23)20-5-3-18(4-6-20)13-32-10-7-19(28)8-11-32;/h3-6,9,12,19,21-22H,7-8,10-11,13-17,28-29H2,1-2H3,(H,30,31,37,38);1H. The van der Waals surface area contributed by atoms with E-state index in [4.69, 9.17) is 16.2 Å². The van der Waals surface area contributed by atoms with Gasteiger partial charge in [-0.2, -0.15) is 4.98 Å². The second kappa shape index (κ2) is 12.2. The van der Waals surface area contributed by atoms with Gasteiger partial charge in [-0.1, -0.05) is 12.1 Å². The topological polar surface area (TPSA) is 152 Å². The van der Waals surface area contributed by atoms with Gasteiger partial charge in [0.25, 0.3) is 0 Å². The van der Waals surface area contributed by atoms with Gasteiger partial charge >= 0.3 is 11.7 Å². The van der Waals surface area contributed by atoms with Crippen molar-refractivity contribution in [1.29, 1.82) is 0 Å². The summed E-state index contributed by atoms with van der Waals surface area (Å²) in [6, 6.07) is 8.73. The number of nitrogens with zero attached hydrogens (tertiary/aromatic N) is 5. The van der Waals surface area contributed by atoms with Crippen LogP contribution >= 0.6 is 12.4 Å². The van der Waals surface area contributed by atoms with Crippen molar-refractivity contribution >= 4 is 30.2 Å². The number of urea groups is 1. The number of nitrogens with one attached hydrogen (secondary N) is 1. The zero-order chi connectivity index (χ0) is 27.7. The van der Waals surface area contributed by atoms with Crippen LogP contribution in [-0.2, 0) is 16.1 Å². The average Bonchev–Trinajstić information content (AvgIpc) is 2.89. The molecular formula is C27H39ClN8O4. The van der Waals surface area contributed by atoms with Crippen molar-refractivity contribution in [3.05, 3.63) is 52.6 Å². The summed E-state index contributed by atoms with van der Waals surface area (Å²) in [4.78, 5) is 48.6. The van der Waals surface area contributed by atoms with Gasteiger partial charge in [-0.25, -0.2) is 9.59 Å².